The van der Waals surface area contributed by atoms with Gasteiger partial charge in [-0.3, -0.25) is 0 Å². The number of hydrogen-bond acceptors (Lipinski definition) is 4. The first kappa shape index (κ1) is 16.5. The first-order valence-electron chi connectivity index (χ1n) is 6.99. The van der Waals surface area contributed by atoms with Gasteiger partial charge in [-0.05, 0) is 31.7 Å². The zero-order chi connectivity index (χ0) is 15.6. The molecule has 0 radical (unpaired) electrons. The molecule has 21 heavy (non-hydrogen) atoms. The molecule has 1 fully saturated rings. The Hall–Kier alpha value is -0.820. The van der Waals surface area contributed by atoms with Crippen LogP contribution in [0.2, 0.25) is 5.02 Å². The number of sulfonamides is 1. The van der Waals surface area contributed by atoms with Gasteiger partial charge in [-0.2, -0.15) is 4.31 Å². The van der Waals surface area contributed by atoms with E-state index in [1.807, 2.05) is 19.2 Å². The number of nitrogens with zero attached hydrogens (tertiary/aromatic N) is 2. The summed E-state index contributed by atoms with van der Waals surface area (Å²) in [5.74, 6) is 0. The molecule has 2 rings (SSSR count). The molecular formula is C14H22ClN3O2S. The van der Waals surface area contributed by atoms with Crippen molar-refractivity contribution in [2.75, 3.05) is 44.4 Å². The van der Waals surface area contributed by atoms with E-state index in [0.717, 1.165) is 11.3 Å². The SMILES string of the molecule is CNC(C)c1ccc(N2CCN(S(C)(=O)=O)CC2)c(Cl)c1. The van der Waals surface area contributed by atoms with Gasteiger partial charge in [0.1, 0.15) is 0 Å². The highest BCUT2D eigenvalue weighted by atomic mass is 35.5. The van der Waals surface area contributed by atoms with Gasteiger partial charge < -0.3 is 10.2 Å². The van der Waals surface area contributed by atoms with Crippen LogP contribution in [0.3, 0.4) is 0 Å². The molecule has 0 amide bonds. The quantitative estimate of drug-likeness (QED) is 0.912. The summed E-state index contributed by atoms with van der Waals surface area (Å²) >= 11 is 6.39. The van der Waals surface area contributed by atoms with Gasteiger partial charge >= 0.3 is 0 Å². The topological polar surface area (TPSA) is 52.6 Å². The smallest absolute Gasteiger partial charge is 0.211 e. The third-order valence-electron chi connectivity index (χ3n) is 3.95. The molecule has 1 aliphatic rings. The van der Waals surface area contributed by atoms with Gasteiger partial charge in [-0.15, -0.1) is 0 Å². The number of rotatable bonds is 4. The average Bonchev–Trinajstić information content (AvgIpc) is 2.45. The van der Waals surface area contributed by atoms with E-state index >= 15 is 0 Å². The summed E-state index contributed by atoms with van der Waals surface area (Å²) in [6.45, 7) is 4.41. The van der Waals surface area contributed by atoms with E-state index in [1.165, 1.54) is 10.6 Å². The van der Waals surface area contributed by atoms with Gasteiger partial charge in [0.2, 0.25) is 10.0 Å². The molecule has 1 atom stereocenters. The molecule has 118 valence electrons. The first-order valence-corrected chi connectivity index (χ1v) is 9.22. The van der Waals surface area contributed by atoms with Crippen LogP contribution in [0.4, 0.5) is 5.69 Å². The van der Waals surface area contributed by atoms with Gasteiger partial charge in [0, 0.05) is 32.2 Å². The maximum atomic E-state index is 11.5. The molecule has 0 bridgehead atoms. The second kappa shape index (κ2) is 6.52. The number of hydrogen-bond donors (Lipinski definition) is 1. The van der Waals surface area contributed by atoms with Crippen LogP contribution in [0.5, 0.6) is 0 Å². The van der Waals surface area contributed by atoms with Crippen LogP contribution in [-0.2, 0) is 10.0 Å². The Bertz CT molecular complexity index is 598. The summed E-state index contributed by atoms with van der Waals surface area (Å²) in [6, 6.07) is 6.30. The Balaban J connectivity index is 2.10. The molecule has 0 saturated carbocycles. The third kappa shape index (κ3) is 3.88. The molecular weight excluding hydrogens is 310 g/mol. The van der Waals surface area contributed by atoms with Crippen LogP contribution in [0, 0.1) is 0 Å². The third-order valence-corrected chi connectivity index (χ3v) is 5.56. The predicted octanol–water partition coefficient (Wildman–Crippen LogP) is 1.70. The maximum absolute atomic E-state index is 11.5. The summed E-state index contributed by atoms with van der Waals surface area (Å²) in [7, 11) is -1.18. The summed E-state index contributed by atoms with van der Waals surface area (Å²) in [5, 5.41) is 3.89. The summed E-state index contributed by atoms with van der Waals surface area (Å²) in [5.41, 5.74) is 2.11. The summed E-state index contributed by atoms with van der Waals surface area (Å²) in [4.78, 5) is 2.14. The Morgan fingerprint density at radius 2 is 1.86 bits per heavy atom. The molecule has 1 aliphatic heterocycles. The second-order valence-corrected chi connectivity index (χ2v) is 7.76. The van der Waals surface area contributed by atoms with Gasteiger partial charge in [-0.25, -0.2) is 8.42 Å². The largest absolute Gasteiger partial charge is 0.368 e. The molecule has 1 heterocycles. The molecule has 0 aromatic heterocycles. The van der Waals surface area contributed by atoms with E-state index in [0.29, 0.717) is 31.2 Å². The van der Waals surface area contributed by atoms with Gasteiger partial charge in [0.05, 0.1) is 17.0 Å². The van der Waals surface area contributed by atoms with E-state index in [4.69, 9.17) is 11.6 Å². The zero-order valence-electron chi connectivity index (χ0n) is 12.6. The average molecular weight is 332 g/mol. The number of nitrogens with one attached hydrogen (secondary N) is 1. The van der Waals surface area contributed by atoms with Gasteiger partial charge in [0.15, 0.2) is 0 Å². The molecule has 1 unspecified atom stereocenters. The van der Waals surface area contributed by atoms with Crippen LogP contribution >= 0.6 is 11.6 Å². The van der Waals surface area contributed by atoms with E-state index in [1.54, 1.807) is 0 Å². The highest BCUT2D eigenvalue weighted by Gasteiger charge is 2.24. The summed E-state index contributed by atoms with van der Waals surface area (Å²) < 4.78 is 24.6. The summed E-state index contributed by atoms with van der Waals surface area (Å²) in [6.07, 6.45) is 1.25. The van der Waals surface area contributed by atoms with Crippen molar-refractivity contribution in [3.05, 3.63) is 28.8 Å². The molecule has 7 heteroatoms. The number of piperazine rings is 1. The number of anilines is 1. The number of halogens is 1. The van der Waals surface area contributed by atoms with Crippen molar-refractivity contribution in [2.45, 2.75) is 13.0 Å². The van der Waals surface area contributed by atoms with Gasteiger partial charge in [0.25, 0.3) is 0 Å². The Morgan fingerprint density at radius 1 is 1.24 bits per heavy atom. The van der Waals surface area contributed by atoms with Crippen molar-refractivity contribution in [1.82, 2.24) is 9.62 Å². The lowest BCUT2D eigenvalue weighted by Crippen LogP contribution is -2.48. The lowest BCUT2D eigenvalue weighted by atomic mass is 10.1. The molecule has 0 spiro atoms. The van der Waals surface area contributed by atoms with E-state index in [9.17, 15) is 8.42 Å². The van der Waals surface area contributed by atoms with Gasteiger partial charge in [-0.1, -0.05) is 17.7 Å². The fourth-order valence-corrected chi connectivity index (χ4v) is 3.61. The Morgan fingerprint density at radius 3 is 2.33 bits per heavy atom. The molecule has 1 saturated heterocycles. The van der Waals surface area contributed by atoms with E-state index in [2.05, 4.69) is 23.2 Å². The molecule has 0 aliphatic carbocycles. The minimum atomic E-state index is -3.10. The molecule has 1 aromatic carbocycles. The maximum Gasteiger partial charge on any atom is 0.211 e. The van der Waals surface area contributed by atoms with Crippen LogP contribution in [0.25, 0.3) is 0 Å². The van der Waals surface area contributed by atoms with Crippen LogP contribution in [-0.4, -0.2) is 52.2 Å². The van der Waals surface area contributed by atoms with E-state index in [-0.39, 0.29) is 6.04 Å². The van der Waals surface area contributed by atoms with Crippen LogP contribution in [0.1, 0.15) is 18.5 Å². The molecule has 5 nitrogen and oxygen atoms in total. The van der Waals surface area contributed by atoms with Crippen LogP contribution in [0.15, 0.2) is 18.2 Å². The minimum absolute atomic E-state index is 0.249. The first-order chi connectivity index (χ1) is 9.82. The Labute approximate surface area is 131 Å². The van der Waals surface area contributed by atoms with E-state index < -0.39 is 10.0 Å². The number of benzene rings is 1. The fraction of sp³-hybridized carbons (Fsp3) is 0.571. The Kier molecular flexibility index (Phi) is 5.14. The van der Waals surface area contributed by atoms with Crippen molar-refractivity contribution in [3.8, 4) is 0 Å². The highest BCUT2D eigenvalue weighted by Crippen LogP contribution is 2.29. The van der Waals surface area contributed by atoms with Crippen molar-refractivity contribution in [3.63, 3.8) is 0 Å². The van der Waals surface area contributed by atoms with Crippen molar-refractivity contribution >= 4 is 27.3 Å². The monoisotopic (exact) mass is 331 g/mol. The lowest BCUT2D eigenvalue weighted by Gasteiger charge is -2.35. The van der Waals surface area contributed by atoms with Crippen LogP contribution < -0.4 is 10.2 Å². The van der Waals surface area contributed by atoms with Crippen molar-refractivity contribution < 1.29 is 8.42 Å². The second-order valence-electron chi connectivity index (χ2n) is 5.37. The van der Waals surface area contributed by atoms with Crippen molar-refractivity contribution in [1.29, 1.82) is 0 Å². The highest BCUT2D eigenvalue weighted by molar-refractivity contribution is 7.88. The standard InChI is InChI=1S/C14H22ClN3O2S/c1-11(16-2)12-4-5-14(13(15)10-12)17-6-8-18(9-7-17)21(3,19)20/h4-5,10-11,16H,6-9H2,1-3H3. The molecule has 1 aromatic rings. The normalized spacial score (nSPS) is 18.8. The lowest BCUT2D eigenvalue weighted by molar-refractivity contribution is 0.388. The molecule has 1 N–H and O–H groups in total. The zero-order valence-corrected chi connectivity index (χ0v) is 14.2. The van der Waals surface area contributed by atoms with Crippen molar-refractivity contribution in [2.24, 2.45) is 0 Å². The minimum Gasteiger partial charge on any atom is -0.368 e. The predicted molar refractivity (Wildman–Crippen MR) is 87.6 cm³/mol. The fourth-order valence-electron chi connectivity index (χ4n) is 2.48.